The van der Waals surface area contributed by atoms with E-state index in [0.717, 1.165) is 4.88 Å². The molecule has 27 heavy (non-hydrogen) atoms. The lowest BCUT2D eigenvalue weighted by Gasteiger charge is -2.14. The summed E-state index contributed by atoms with van der Waals surface area (Å²) in [6.07, 6.45) is -2.86. The second kappa shape index (κ2) is 7.93. The van der Waals surface area contributed by atoms with Crippen molar-refractivity contribution in [3.05, 3.63) is 51.0 Å². The summed E-state index contributed by atoms with van der Waals surface area (Å²) in [5.74, 6) is -2.11. The zero-order valence-corrected chi connectivity index (χ0v) is 16.2. The Balaban J connectivity index is 2.52. The number of thiazole rings is 1. The van der Waals surface area contributed by atoms with Crippen molar-refractivity contribution >= 4 is 17.2 Å². The quantitative estimate of drug-likeness (QED) is 0.710. The standard InChI is InChI=1S/C18H20F4N2O2S/c1-17(2,3)14-10-24(7-8-26-4)16(27-14)23-15(25)12-9-11(18(20,21)22)5-6-13(12)19/h5-6,9-10H,7-8H2,1-4H3/b23-16-. The van der Waals surface area contributed by atoms with Crippen LogP contribution in [0, 0.1) is 5.82 Å². The van der Waals surface area contributed by atoms with Crippen LogP contribution in [0.1, 0.15) is 41.6 Å². The predicted molar refractivity (Wildman–Crippen MR) is 94.2 cm³/mol. The number of halogens is 4. The van der Waals surface area contributed by atoms with Crippen molar-refractivity contribution < 1.29 is 27.1 Å². The fourth-order valence-electron chi connectivity index (χ4n) is 2.18. The molecule has 0 atom stereocenters. The Morgan fingerprint density at radius 3 is 2.48 bits per heavy atom. The minimum absolute atomic E-state index is 0.211. The number of benzene rings is 1. The number of aromatic nitrogens is 1. The summed E-state index contributed by atoms with van der Waals surface area (Å²) < 4.78 is 59.2. The molecule has 0 aliphatic carbocycles. The first-order valence-corrected chi connectivity index (χ1v) is 8.90. The highest BCUT2D eigenvalue weighted by molar-refractivity contribution is 7.09. The molecule has 0 N–H and O–H groups in total. The Morgan fingerprint density at radius 2 is 1.93 bits per heavy atom. The van der Waals surface area contributed by atoms with Gasteiger partial charge in [-0.2, -0.15) is 18.2 Å². The number of ether oxygens (including phenoxy) is 1. The van der Waals surface area contributed by atoms with Crippen molar-refractivity contribution in [2.75, 3.05) is 13.7 Å². The number of carbonyl (C=O) groups excluding carboxylic acids is 1. The molecule has 4 nitrogen and oxygen atoms in total. The lowest BCUT2D eigenvalue weighted by atomic mass is 9.95. The van der Waals surface area contributed by atoms with E-state index in [0.29, 0.717) is 31.4 Å². The van der Waals surface area contributed by atoms with Crippen LogP contribution in [0.25, 0.3) is 0 Å². The van der Waals surface area contributed by atoms with Gasteiger partial charge in [0, 0.05) is 24.7 Å². The maximum absolute atomic E-state index is 13.9. The molecule has 9 heteroatoms. The summed E-state index contributed by atoms with van der Waals surface area (Å²) in [5, 5.41) is 0. The van der Waals surface area contributed by atoms with Gasteiger partial charge in [0.25, 0.3) is 5.91 Å². The maximum Gasteiger partial charge on any atom is 0.416 e. The van der Waals surface area contributed by atoms with Gasteiger partial charge in [-0.25, -0.2) is 4.39 Å². The van der Waals surface area contributed by atoms with Crippen LogP contribution in [0.4, 0.5) is 17.6 Å². The zero-order chi connectivity index (χ0) is 20.4. The minimum atomic E-state index is -4.68. The molecular formula is C18H20F4N2O2S. The smallest absolute Gasteiger partial charge is 0.383 e. The molecule has 0 fully saturated rings. The van der Waals surface area contributed by atoms with E-state index in [-0.39, 0.29) is 10.2 Å². The average molecular weight is 404 g/mol. The van der Waals surface area contributed by atoms with Gasteiger partial charge in [-0.3, -0.25) is 4.79 Å². The van der Waals surface area contributed by atoms with E-state index in [4.69, 9.17) is 4.74 Å². The van der Waals surface area contributed by atoms with Crippen molar-refractivity contribution in [2.24, 2.45) is 4.99 Å². The van der Waals surface area contributed by atoms with Gasteiger partial charge in [-0.05, 0) is 23.6 Å². The highest BCUT2D eigenvalue weighted by atomic mass is 32.1. The average Bonchev–Trinajstić information content (AvgIpc) is 2.95. The lowest BCUT2D eigenvalue weighted by Crippen LogP contribution is -2.19. The van der Waals surface area contributed by atoms with Crippen LogP contribution in [-0.4, -0.2) is 24.2 Å². The molecule has 2 aromatic rings. The number of hydrogen-bond donors (Lipinski definition) is 0. The maximum atomic E-state index is 13.9. The molecule has 0 aliphatic heterocycles. The molecule has 0 spiro atoms. The Labute approximate surface area is 158 Å². The first-order valence-electron chi connectivity index (χ1n) is 8.09. The van der Waals surface area contributed by atoms with Gasteiger partial charge in [0.2, 0.25) is 0 Å². The number of carbonyl (C=O) groups is 1. The second-order valence-electron chi connectivity index (χ2n) is 6.92. The van der Waals surface area contributed by atoms with Crippen molar-refractivity contribution in [2.45, 2.75) is 38.9 Å². The van der Waals surface area contributed by atoms with E-state index >= 15 is 0 Å². The molecule has 0 saturated carbocycles. The molecule has 1 heterocycles. The number of hydrogen-bond acceptors (Lipinski definition) is 3. The Bertz CT molecular complexity index is 892. The van der Waals surface area contributed by atoms with Gasteiger partial charge in [-0.1, -0.05) is 20.8 Å². The molecular weight excluding hydrogens is 384 g/mol. The molecule has 148 valence electrons. The van der Waals surface area contributed by atoms with Crippen LogP contribution in [0.5, 0.6) is 0 Å². The molecule has 0 radical (unpaired) electrons. The van der Waals surface area contributed by atoms with Gasteiger partial charge in [0.1, 0.15) is 5.82 Å². The first kappa shape index (κ1) is 21.3. The predicted octanol–water partition coefficient (Wildman–Crippen LogP) is 4.39. The van der Waals surface area contributed by atoms with Crippen molar-refractivity contribution in [3.8, 4) is 0 Å². The third kappa shape index (κ3) is 5.26. The number of methoxy groups -OCH3 is 1. The Hall–Kier alpha value is -2.00. The van der Waals surface area contributed by atoms with Gasteiger partial charge >= 0.3 is 6.18 Å². The molecule has 0 unspecified atom stereocenters. The molecule has 1 aromatic heterocycles. The fourth-order valence-corrected chi connectivity index (χ4v) is 3.25. The van der Waals surface area contributed by atoms with E-state index in [1.54, 1.807) is 4.57 Å². The van der Waals surface area contributed by atoms with Crippen molar-refractivity contribution in [1.82, 2.24) is 4.57 Å². The lowest BCUT2D eigenvalue weighted by molar-refractivity contribution is -0.137. The number of alkyl halides is 3. The van der Waals surface area contributed by atoms with E-state index in [1.807, 2.05) is 27.0 Å². The number of rotatable bonds is 4. The van der Waals surface area contributed by atoms with Crippen LogP contribution in [0.15, 0.2) is 29.4 Å². The SMILES string of the molecule is COCCn1cc(C(C)(C)C)s/c1=N\C(=O)c1cc(C(F)(F)F)ccc1F. The third-order valence-electron chi connectivity index (χ3n) is 3.72. The van der Waals surface area contributed by atoms with Crippen molar-refractivity contribution in [3.63, 3.8) is 0 Å². The first-order chi connectivity index (χ1) is 12.4. The minimum Gasteiger partial charge on any atom is -0.383 e. The van der Waals surface area contributed by atoms with Crippen LogP contribution < -0.4 is 4.80 Å². The summed E-state index contributed by atoms with van der Waals surface area (Å²) in [5.41, 5.74) is -2.03. The molecule has 1 aromatic carbocycles. The van der Waals surface area contributed by atoms with Crippen LogP contribution in [0.2, 0.25) is 0 Å². The third-order valence-corrected chi connectivity index (χ3v) is 5.16. The fraction of sp³-hybridized carbons (Fsp3) is 0.444. The molecule has 1 amide bonds. The van der Waals surface area contributed by atoms with Gasteiger partial charge in [-0.15, -0.1) is 11.3 Å². The number of amides is 1. The highest BCUT2D eigenvalue weighted by Crippen LogP contribution is 2.30. The summed E-state index contributed by atoms with van der Waals surface area (Å²) >= 11 is 1.23. The topological polar surface area (TPSA) is 43.6 Å². The second-order valence-corrected chi connectivity index (χ2v) is 7.93. The highest BCUT2D eigenvalue weighted by Gasteiger charge is 2.32. The summed E-state index contributed by atoms with van der Waals surface area (Å²) in [6, 6.07) is 1.70. The van der Waals surface area contributed by atoms with Crippen molar-refractivity contribution in [1.29, 1.82) is 0 Å². The van der Waals surface area contributed by atoms with Crippen LogP contribution in [-0.2, 0) is 22.9 Å². The van der Waals surface area contributed by atoms with Crippen LogP contribution >= 0.6 is 11.3 Å². The molecule has 2 rings (SSSR count). The van der Waals surface area contributed by atoms with E-state index in [9.17, 15) is 22.4 Å². The van der Waals surface area contributed by atoms with E-state index in [2.05, 4.69) is 4.99 Å². The Morgan fingerprint density at radius 1 is 1.26 bits per heavy atom. The Kier molecular flexibility index (Phi) is 6.26. The number of nitrogens with zero attached hydrogens (tertiary/aromatic N) is 2. The van der Waals surface area contributed by atoms with Crippen LogP contribution in [0.3, 0.4) is 0 Å². The summed E-state index contributed by atoms with van der Waals surface area (Å²) in [4.78, 5) is 17.5. The van der Waals surface area contributed by atoms with Gasteiger partial charge in [0.15, 0.2) is 4.80 Å². The zero-order valence-electron chi connectivity index (χ0n) is 15.4. The normalized spacial score (nSPS) is 13.3. The van der Waals surface area contributed by atoms with E-state index < -0.39 is 29.0 Å². The van der Waals surface area contributed by atoms with E-state index in [1.165, 1.54) is 18.4 Å². The largest absolute Gasteiger partial charge is 0.416 e. The van der Waals surface area contributed by atoms with Gasteiger partial charge < -0.3 is 9.30 Å². The molecule has 0 saturated heterocycles. The monoisotopic (exact) mass is 404 g/mol. The molecule has 0 aliphatic rings. The van der Waals surface area contributed by atoms with Gasteiger partial charge in [0.05, 0.1) is 17.7 Å². The molecule has 0 bridgehead atoms. The summed E-state index contributed by atoms with van der Waals surface area (Å²) in [6.45, 7) is 6.71. The summed E-state index contributed by atoms with van der Waals surface area (Å²) in [7, 11) is 1.53.